The van der Waals surface area contributed by atoms with E-state index >= 15 is 0 Å². The summed E-state index contributed by atoms with van der Waals surface area (Å²) < 4.78 is 77.3. The molecule has 0 aliphatic carbocycles. The fraction of sp³-hybridized carbons (Fsp3) is 0.176. The largest absolute Gasteiger partial charge is 0.478 e. The summed E-state index contributed by atoms with van der Waals surface area (Å²) in [4.78, 5) is 14.3. The number of furan rings is 1. The third kappa shape index (κ3) is 3.42. The number of aryl methyl sites for hydroxylation is 1. The second-order valence-corrected chi connectivity index (χ2v) is 5.51. The first-order valence-electron chi connectivity index (χ1n) is 7.36. The average Bonchev–Trinajstić information content (AvgIpc) is 2.89. The van der Waals surface area contributed by atoms with E-state index < -0.39 is 35.3 Å². The van der Waals surface area contributed by atoms with E-state index in [4.69, 9.17) is 4.42 Å². The van der Waals surface area contributed by atoms with Crippen molar-refractivity contribution in [2.45, 2.75) is 19.2 Å². The zero-order chi connectivity index (χ0) is 20.0. The van der Waals surface area contributed by atoms with E-state index in [2.05, 4.69) is 9.72 Å². The molecule has 3 rings (SSSR count). The van der Waals surface area contributed by atoms with Crippen LogP contribution in [-0.4, -0.2) is 16.1 Å². The van der Waals surface area contributed by atoms with Gasteiger partial charge in [-0.25, -0.2) is 4.79 Å². The minimum absolute atomic E-state index is 0.0180. The number of alkyl halides is 5. The highest BCUT2D eigenvalue weighted by Gasteiger charge is 2.46. The molecule has 0 aliphatic rings. The second kappa shape index (κ2) is 6.22. The zero-order valence-corrected chi connectivity index (χ0v) is 13.5. The van der Waals surface area contributed by atoms with Gasteiger partial charge in [0.25, 0.3) is 0 Å². The molecule has 0 unspecified atom stereocenters. The van der Waals surface area contributed by atoms with Gasteiger partial charge >= 0.3 is 18.3 Å². The molecule has 0 bridgehead atoms. The summed E-state index contributed by atoms with van der Waals surface area (Å²) in [7, 11) is 0. The van der Waals surface area contributed by atoms with Crippen LogP contribution in [0.2, 0.25) is 0 Å². The Bertz CT molecular complexity index is 1030. The normalized spacial score (nSPS) is 12.4. The molecule has 0 fully saturated rings. The summed E-state index contributed by atoms with van der Waals surface area (Å²) in [5, 5.41) is 9.18. The maximum Gasteiger partial charge on any atom is 0.433 e. The summed E-state index contributed by atoms with van der Waals surface area (Å²) in [6.45, 7) is 1.38. The molecular weight excluding hydrogens is 377 g/mol. The number of hydrogen-bond donors (Lipinski definition) is 1. The summed E-state index contributed by atoms with van der Waals surface area (Å²) in [6, 6.07) is 4.67. The number of nitrogens with zero attached hydrogens (tertiary/aromatic N) is 1. The van der Waals surface area contributed by atoms with Gasteiger partial charge in [0.15, 0.2) is 5.69 Å². The Balaban J connectivity index is 2.04. The summed E-state index contributed by atoms with van der Waals surface area (Å²) in [5.41, 5.74) is -3.38. The number of carbonyl (C=O) groups is 1. The van der Waals surface area contributed by atoms with Crippen LogP contribution in [0.25, 0.3) is 11.0 Å². The first-order chi connectivity index (χ1) is 12.5. The number of halogens is 5. The Kier molecular flexibility index (Phi) is 4.29. The van der Waals surface area contributed by atoms with Gasteiger partial charge in [-0.2, -0.15) is 22.0 Å². The summed E-state index contributed by atoms with van der Waals surface area (Å²) in [5.74, 6) is -1.83. The molecule has 1 N–H and O–H groups in total. The van der Waals surface area contributed by atoms with Crippen LogP contribution in [0.4, 0.5) is 22.0 Å². The molecule has 3 aromatic rings. The summed E-state index contributed by atoms with van der Waals surface area (Å²) >= 11 is 0. The van der Waals surface area contributed by atoms with Gasteiger partial charge in [-0.3, -0.25) is 4.98 Å². The van der Waals surface area contributed by atoms with E-state index in [9.17, 15) is 31.9 Å². The number of carboxylic acids is 1. The zero-order valence-electron chi connectivity index (χ0n) is 13.5. The molecule has 0 spiro atoms. The van der Waals surface area contributed by atoms with Gasteiger partial charge in [-0.1, -0.05) is 0 Å². The number of ether oxygens (including phenoxy) is 1. The van der Waals surface area contributed by atoms with Gasteiger partial charge in [0.1, 0.15) is 22.7 Å². The van der Waals surface area contributed by atoms with Crippen LogP contribution in [0.5, 0.6) is 5.75 Å². The van der Waals surface area contributed by atoms with Crippen molar-refractivity contribution in [2.24, 2.45) is 0 Å². The highest BCUT2D eigenvalue weighted by Crippen LogP contribution is 2.40. The molecule has 27 heavy (non-hydrogen) atoms. The molecule has 10 heteroatoms. The van der Waals surface area contributed by atoms with E-state index in [0.29, 0.717) is 6.07 Å². The Labute approximate surface area is 148 Å². The van der Waals surface area contributed by atoms with Crippen molar-refractivity contribution in [2.75, 3.05) is 0 Å². The van der Waals surface area contributed by atoms with E-state index in [1.807, 2.05) is 0 Å². The Morgan fingerprint density at radius 2 is 1.89 bits per heavy atom. The molecule has 142 valence electrons. The SMILES string of the molecule is Cc1oc2ccc(OC(F)(F)c3cccnc3C(F)(F)F)cc2c1C(=O)O. The lowest BCUT2D eigenvalue weighted by molar-refractivity contribution is -0.196. The minimum atomic E-state index is -5.11. The van der Waals surface area contributed by atoms with Gasteiger partial charge in [0, 0.05) is 11.6 Å². The molecule has 0 atom stereocenters. The third-order valence-corrected chi connectivity index (χ3v) is 3.69. The first kappa shape index (κ1) is 18.6. The molecule has 2 aromatic heterocycles. The number of fused-ring (bicyclic) bond motifs is 1. The van der Waals surface area contributed by atoms with Crippen molar-refractivity contribution in [1.82, 2.24) is 4.98 Å². The van der Waals surface area contributed by atoms with E-state index in [1.165, 1.54) is 13.0 Å². The Hall–Kier alpha value is -3.17. The van der Waals surface area contributed by atoms with Crippen LogP contribution < -0.4 is 4.74 Å². The number of carboxylic acid groups (broad SMARTS) is 1. The lowest BCUT2D eigenvalue weighted by Gasteiger charge is -2.21. The number of aromatic carboxylic acids is 1. The van der Waals surface area contributed by atoms with E-state index in [1.54, 1.807) is 0 Å². The Morgan fingerprint density at radius 3 is 2.52 bits per heavy atom. The van der Waals surface area contributed by atoms with Crippen molar-refractivity contribution in [1.29, 1.82) is 0 Å². The fourth-order valence-electron chi connectivity index (χ4n) is 2.60. The first-order valence-corrected chi connectivity index (χ1v) is 7.36. The van der Waals surface area contributed by atoms with Crippen LogP contribution in [0.1, 0.15) is 27.4 Å². The van der Waals surface area contributed by atoms with Crippen molar-refractivity contribution in [3.8, 4) is 5.75 Å². The van der Waals surface area contributed by atoms with Crippen LogP contribution in [-0.2, 0) is 12.3 Å². The lowest BCUT2D eigenvalue weighted by atomic mass is 10.1. The van der Waals surface area contributed by atoms with Crippen LogP contribution in [0, 0.1) is 6.92 Å². The molecule has 0 radical (unpaired) electrons. The molecule has 0 aliphatic heterocycles. The predicted molar refractivity (Wildman–Crippen MR) is 81.7 cm³/mol. The number of benzene rings is 1. The molecule has 2 heterocycles. The highest BCUT2D eigenvalue weighted by molar-refractivity contribution is 6.03. The van der Waals surface area contributed by atoms with Crippen LogP contribution in [0.3, 0.4) is 0 Å². The number of pyridine rings is 1. The molecule has 0 saturated carbocycles. The van der Waals surface area contributed by atoms with E-state index in [0.717, 1.165) is 24.4 Å². The highest BCUT2D eigenvalue weighted by atomic mass is 19.4. The average molecular weight is 387 g/mol. The van der Waals surface area contributed by atoms with Gasteiger partial charge < -0.3 is 14.3 Å². The number of aromatic nitrogens is 1. The molecule has 0 saturated heterocycles. The second-order valence-electron chi connectivity index (χ2n) is 5.51. The van der Waals surface area contributed by atoms with E-state index in [-0.39, 0.29) is 22.3 Å². The molecular formula is C17H10F5NO4. The van der Waals surface area contributed by atoms with Crippen molar-refractivity contribution >= 4 is 16.9 Å². The van der Waals surface area contributed by atoms with Crippen LogP contribution >= 0.6 is 0 Å². The lowest BCUT2D eigenvalue weighted by Crippen LogP contribution is -2.27. The van der Waals surface area contributed by atoms with Crippen molar-refractivity contribution in [3.63, 3.8) is 0 Å². The fourth-order valence-corrected chi connectivity index (χ4v) is 2.60. The quantitative estimate of drug-likeness (QED) is 0.639. The standard InChI is InChI=1S/C17H10F5NO4/c1-8-13(15(24)25)10-7-9(4-5-12(10)26-8)27-17(21,22)11-3-2-6-23-14(11)16(18,19)20/h2-7H,1H3,(H,24,25). The summed E-state index contributed by atoms with van der Waals surface area (Å²) in [6.07, 6.45) is -8.73. The van der Waals surface area contributed by atoms with Gasteiger partial charge in [0.05, 0.1) is 5.56 Å². The number of rotatable bonds is 4. The monoisotopic (exact) mass is 387 g/mol. The van der Waals surface area contributed by atoms with Crippen LogP contribution in [0.15, 0.2) is 40.9 Å². The smallest absolute Gasteiger partial charge is 0.433 e. The molecule has 5 nitrogen and oxygen atoms in total. The van der Waals surface area contributed by atoms with Gasteiger partial charge in [-0.05, 0) is 37.3 Å². The molecule has 0 amide bonds. The topological polar surface area (TPSA) is 72.6 Å². The Morgan fingerprint density at radius 1 is 1.19 bits per heavy atom. The van der Waals surface area contributed by atoms with Crippen molar-refractivity contribution < 1.29 is 41.0 Å². The van der Waals surface area contributed by atoms with Crippen molar-refractivity contribution in [3.05, 3.63) is 59.1 Å². The number of hydrogen-bond acceptors (Lipinski definition) is 4. The maximum atomic E-state index is 14.4. The predicted octanol–water partition coefficient (Wildman–Crippen LogP) is 4.98. The minimum Gasteiger partial charge on any atom is -0.478 e. The van der Waals surface area contributed by atoms with Gasteiger partial charge in [-0.15, -0.1) is 0 Å². The maximum absolute atomic E-state index is 14.4. The van der Waals surface area contributed by atoms with Gasteiger partial charge in [0.2, 0.25) is 0 Å². The third-order valence-electron chi connectivity index (χ3n) is 3.69. The molecule has 1 aromatic carbocycles.